The molecule has 2 N–H and O–H groups in total. The number of ether oxygens (including phenoxy) is 1. The van der Waals surface area contributed by atoms with E-state index >= 15 is 0 Å². The molecule has 0 aliphatic carbocycles. The van der Waals surface area contributed by atoms with E-state index in [-0.39, 0.29) is 5.75 Å². The first-order valence-electron chi connectivity index (χ1n) is 5.31. The van der Waals surface area contributed by atoms with Gasteiger partial charge in [-0.2, -0.15) is 0 Å². The number of methoxy groups -OCH3 is 1. The minimum absolute atomic E-state index is 0.0482. The first-order valence-corrected chi connectivity index (χ1v) is 5.31. The monoisotopic (exact) mass is 242 g/mol. The molecule has 0 saturated carbocycles. The van der Waals surface area contributed by atoms with Crippen molar-refractivity contribution in [3.8, 4) is 22.9 Å². The molecule has 2 aromatic heterocycles. The molecule has 1 aromatic carbocycles. The highest BCUT2D eigenvalue weighted by atomic mass is 16.5. The van der Waals surface area contributed by atoms with Crippen molar-refractivity contribution in [2.75, 3.05) is 7.11 Å². The number of nitrogens with one attached hydrogen (secondary N) is 1. The fourth-order valence-corrected chi connectivity index (χ4v) is 1.77. The highest BCUT2D eigenvalue weighted by Crippen LogP contribution is 2.35. The van der Waals surface area contributed by atoms with Crippen molar-refractivity contribution in [2.24, 2.45) is 0 Å². The maximum Gasteiger partial charge on any atom is 0.181 e. The van der Waals surface area contributed by atoms with Gasteiger partial charge < -0.3 is 14.8 Å². The van der Waals surface area contributed by atoms with E-state index < -0.39 is 0 Å². The van der Waals surface area contributed by atoms with Crippen LogP contribution in [0.1, 0.15) is 0 Å². The van der Waals surface area contributed by atoms with Gasteiger partial charge in [0.1, 0.15) is 17.7 Å². The molecule has 0 bridgehead atoms. The largest absolute Gasteiger partial charge is 0.504 e. The molecule has 0 saturated heterocycles. The fraction of sp³-hybridized carbons (Fsp3) is 0.0833. The van der Waals surface area contributed by atoms with Crippen LogP contribution in [0, 0.1) is 0 Å². The zero-order valence-corrected chi connectivity index (χ0v) is 9.58. The van der Waals surface area contributed by atoms with Crippen LogP contribution in [0.25, 0.3) is 22.6 Å². The van der Waals surface area contributed by atoms with Gasteiger partial charge in [-0.25, -0.2) is 15.0 Å². The van der Waals surface area contributed by atoms with Crippen LogP contribution < -0.4 is 4.74 Å². The third kappa shape index (κ3) is 1.55. The summed E-state index contributed by atoms with van der Waals surface area (Å²) in [5.41, 5.74) is 1.84. The van der Waals surface area contributed by atoms with Gasteiger partial charge in [-0.1, -0.05) is 6.07 Å². The number of para-hydroxylation sites is 1. The van der Waals surface area contributed by atoms with Gasteiger partial charge in [0.15, 0.2) is 17.1 Å². The topological polar surface area (TPSA) is 83.9 Å². The van der Waals surface area contributed by atoms with Crippen LogP contribution in [-0.4, -0.2) is 32.2 Å². The fourth-order valence-electron chi connectivity index (χ4n) is 1.77. The van der Waals surface area contributed by atoms with Crippen LogP contribution in [0.2, 0.25) is 0 Å². The van der Waals surface area contributed by atoms with Gasteiger partial charge in [0.05, 0.1) is 18.9 Å². The number of H-pyrrole nitrogens is 1. The zero-order chi connectivity index (χ0) is 12.5. The average Bonchev–Trinajstić information content (AvgIpc) is 2.82. The molecule has 6 nitrogen and oxygen atoms in total. The van der Waals surface area contributed by atoms with Crippen LogP contribution in [0.3, 0.4) is 0 Å². The Bertz CT molecular complexity index is 675. The molecule has 3 aromatic rings. The second-order valence-corrected chi connectivity index (χ2v) is 3.70. The molecule has 0 amide bonds. The lowest BCUT2D eigenvalue weighted by molar-refractivity contribution is 0.374. The van der Waals surface area contributed by atoms with Crippen molar-refractivity contribution in [3.63, 3.8) is 0 Å². The predicted molar refractivity (Wildman–Crippen MR) is 65.3 cm³/mol. The number of phenolic OH excluding ortho intramolecular Hbond substituents is 1. The molecule has 3 rings (SSSR count). The van der Waals surface area contributed by atoms with Crippen molar-refractivity contribution in [3.05, 3.63) is 30.7 Å². The number of fused-ring (bicyclic) bond motifs is 1. The number of rotatable bonds is 2. The van der Waals surface area contributed by atoms with Crippen LogP contribution in [0.4, 0.5) is 0 Å². The zero-order valence-electron chi connectivity index (χ0n) is 9.58. The number of hydrogen-bond acceptors (Lipinski definition) is 5. The van der Waals surface area contributed by atoms with E-state index in [1.165, 1.54) is 13.4 Å². The molecule has 6 heteroatoms. The number of aromatic amines is 1. The van der Waals surface area contributed by atoms with Crippen LogP contribution in [0.15, 0.2) is 30.7 Å². The second kappa shape index (κ2) is 3.99. The van der Waals surface area contributed by atoms with Gasteiger partial charge in [0.25, 0.3) is 0 Å². The molecular weight excluding hydrogens is 232 g/mol. The lowest BCUT2D eigenvalue weighted by Gasteiger charge is -2.06. The van der Waals surface area contributed by atoms with Gasteiger partial charge in [0, 0.05) is 0 Å². The maximum atomic E-state index is 10.0. The third-order valence-corrected chi connectivity index (χ3v) is 2.64. The third-order valence-electron chi connectivity index (χ3n) is 2.64. The van der Waals surface area contributed by atoms with Gasteiger partial charge >= 0.3 is 0 Å². The molecular formula is C12H10N4O2. The van der Waals surface area contributed by atoms with E-state index in [9.17, 15) is 5.11 Å². The Morgan fingerprint density at radius 1 is 1.33 bits per heavy atom. The number of aromatic nitrogens is 4. The van der Waals surface area contributed by atoms with Gasteiger partial charge in [-0.3, -0.25) is 0 Å². The molecule has 90 valence electrons. The van der Waals surface area contributed by atoms with Crippen molar-refractivity contribution in [1.82, 2.24) is 19.9 Å². The van der Waals surface area contributed by atoms with Gasteiger partial charge in [-0.15, -0.1) is 0 Å². The molecule has 0 aliphatic heterocycles. The Morgan fingerprint density at radius 2 is 2.22 bits per heavy atom. The molecule has 0 aliphatic rings. The minimum Gasteiger partial charge on any atom is -0.504 e. The van der Waals surface area contributed by atoms with E-state index in [1.54, 1.807) is 24.4 Å². The number of nitrogens with zero attached hydrogens (tertiary/aromatic N) is 3. The molecule has 0 spiro atoms. The highest BCUT2D eigenvalue weighted by Gasteiger charge is 2.13. The molecule has 18 heavy (non-hydrogen) atoms. The lowest BCUT2D eigenvalue weighted by atomic mass is 10.2. The number of imidazole rings is 1. The molecule has 2 heterocycles. The van der Waals surface area contributed by atoms with Crippen molar-refractivity contribution >= 4 is 11.2 Å². The quantitative estimate of drug-likeness (QED) is 0.715. The summed E-state index contributed by atoms with van der Waals surface area (Å²) in [7, 11) is 1.50. The van der Waals surface area contributed by atoms with E-state index in [0.29, 0.717) is 22.8 Å². The van der Waals surface area contributed by atoms with Crippen molar-refractivity contribution in [1.29, 1.82) is 0 Å². The number of benzene rings is 1. The first kappa shape index (κ1) is 10.5. The summed E-state index contributed by atoms with van der Waals surface area (Å²) in [6.45, 7) is 0. The number of phenols is 1. The van der Waals surface area contributed by atoms with E-state index in [1.807, 2.05) is 0 Å². The summed E-state index contributed by atoms with van der Waals surface area (Å²) in [5, 5.41) is 10.0. The Kier molecular flexibility index (Phi) is 2.33. The Morgan fingerprint density at radius 3 is 3.00 bits per heavy atom. The minimum atomic E-state index is 0.0482. The number of hydrogen-bond donors (Lipinski definition) is 2. The van der Waals surface area contributed by atoms with Gasteiger partial charge in [-0.05, 0) is 12.1 Å². The SMILES string of the molecule is COc1cccc(-c2nc3ncncc3[nH]2)c1O. The highest BCUT2D eigenvalue weighted by molar-refractivity contribution is 5.77. The first-order chi connectivity index (χ1) is 8.79. The normalized spacial score (nSPS) is 10.7. The lowest BCUT2D eigenvalue weighted by Crippen LogP contribution is -1.87. The summed E-state index contributed by atoms with van der Waals surface area (Å²) in [6, 6.07) is 5.22. The molecule has 0 atom stereocenters. The predicted octanol–water partition coefficient (Wildman–Crippen LogP) is 1.73. The van der Waals surface area contributed by atoms with Crippen LogP contribution in [-0.2, 0) is 0 Å². The van der Waals surface area contributed by atoms with E-state index in [2.05, 4.69) is 19.9 Å². The number of aromatic hydroxyl groups is 1. The van der Waals surface area contributed by atoms with Gasteiger partial charge in [0.2, 0.25) is 0 Å². The van der Waals surface area contributed by atoms with Crippen LogP contribution >= 0.6 is 0 Å². The molecule has 0 fully saturated rings. The van der Waals surface area contributed by atoms with Crippen LogP contribution in [0.5, 0.6) is 11.5 Å². The van der Waals surface area contributed by atoms with E-state index in [0.717, 1.165) is 5.52 Å². The smallest absolute Gasteiger partial charge is 0.181 e. The summed E-state index contributed by atoms with van der Waals surface area (Å²) in [4.78, 5) is 15.3. The summed E-state index contributed by atoms with van der Waals surface area (Å²) in [5.74, 6) is 0.980. The van der Waals surface area contributed by atoms with E-state index in [4.69, 9.17) is 4.74 Å². The standard InChI is InChI=1S/C12H10N4O2/c1-18-9-4-2-3-7(10(9)17)11-15-8-5-13-6-14-12(8)16-11/h2-6,17H,1H3,(H,13,14,15,16). The summed E-state index contributed by atoms with van der Waals surface area (Å²) in [6.07, 6.45) is 3.06. The summed E-state index contributed by atoms with van der Waals surface area (Å²) >= 11 is 0. The Balaban J connectivity index is 2.20. The summed E-state index contributed by atoms with van der Waals surface area (Å²) < 4.78 is 5.06. The maximum absolute atomic E-state index is 10.0. The van der Waals surface area contributed by atoms with Crippen molar-refractivity contribution in [2.45, 2.75) is 0 Å². The Hall–Kier alpha value is -2.63. The Labute approximate surface area is 102 Å². The molecule has 0 unspecified atom stereocenters. The van der Waals surface area contributed by atoms with Crippen molar-refractivity contribution < 1.29 is 9.84 Å². The second-order valence-electron chi connectivity index (χ2n) is 3.70. The molecule has 0 radical (unpaired) electrons. The average molecular weight is 242 g/mol.